The molecule has 1 heterocycles. The number of benzene rings is 1. The summed E-state index contributed by atoms with van der Waals surface area (Å²) in [5.41, 5.74) is 2.06. The Morgan fingerprint density at radius 3 is 2.52 bits per heavy atom. The Labute approximate surface area is 160 Å². The number of hydrogen-bond donors (Lipinski definition) is 0. The molecule has 2 bridgehead atoms. The standard InChI is InChI=1S/C22H27NO4/c1-13-10-15-6-3-4-9-19(15)23(13)21(25)14(2)27-22(26)18-11-16-7-5-8-17(12-18)20(16)24/h3-4,6,9,13-14,16-18H,5,7-8,10-12H2,1-2H3/t13-,14-,16-,17+,18?/m1/s1. The predicted molar refractivity (Wildman–Crippen MR) is 101 cm³/mol. The second-order valence-electron chi connectivity index (χ2n) is 8.36. The summed E-state index contributed by atoms with van der Waals surface area (Å²) < 4.78 is 5.59. The minimum atomic E-state index is -0.816. The average Bonchev–Trinajstić information content (AvgIpc) is 2.96. The molecular weight excluding hydrogens is 342 g/mol. The van der Waals surface area contributed by atoms with Crippen LogP contribution in [-0.4, -0.2) is 29.8 Å². The number of ketones is 1. The maximum Gasteiger partial charge on any atom is 0.309 e. The van der Waals surface area contributed by atoms with Gasteiger partial charge in [-0.3, -0.25) is 14.4 Å². The van der Waals surface area contributed by atoms with Gasteiger partial charge in [-0.05, 0) is 57.6 Å². The molecule has 5 heteroatoms. The molecule has 27 heavy (non-hydrogen) atoms. The van der Waals surface area contributed by atoms with Crippen molar-refractivity contribution < 1.29 is 19.1 Å². The Balaban J connectivity index is 1.42. The summed E-state index contributed by atoms with van der Waals surface area (Å²) in [6.07, 6.45) is 4.01. The van der Waals surface area contributed by atoms with Gasteiger partial charge in [-0.2, -0.15) is 0 Å². The summed E-state index contributed by atoms with van der Waals surface area (Å²) >= 11 is 0. The summed E-state index contributed by atoms with van der Waals surface area (Å²) in [5, 5.41) is 0. The number of ether oxygens (including phenoxy) is 1. The highest BCUT2D eigenvalue weighted by Gasteiger charge is 2.43. The van der Waals surface area contributed by atoms with Crippen LogP contribution < -0.4 is 4.90 Å². The molecule has 0 saturated heterocycles. The molecule has 4 rings (SSSR count). The van der Waals surface area contributed by atoms with Gasteiger partial charge in [-0.1, -0.05) is 24.6 Å². The zero-order valence-corrected chi connectivity index (χ0v) is 16.0. The lowest BCUT2D eigenvalue weighted by Crippen LogP contribution is -2.45. The lowest BCUT2D eigenvalue weighted by molar-refractivity contribution is -0.161. The number of amides is 1. The minimum Gasteiger partial charge on any atom is -0.452 e. The van der Waals surface area contributed by atoms with Crippen molar-refractivity contribution in [1.29, 1.82) is 0 Å². The summed E-state index contributed by atoms with van der Waals surface area (Å²) in [7, 11) is 0. The normalized spacial score (nSPS) is 30.6. The van der Waals surface area contributed by atoms with Gasteiger partial charge in [-0.25, -0.2) is 0 Å². The lowest BCUT2D eigenvalue weighted by atomic mass is 9.67. The highest BCUT2D eigenvalue weighted by atomic mass is 16.5. The van der Waals surface area contributed by atoms with Gasteiger partial charge in [0.05, 0.1) is 5.92 Å². The van der Waals surface area contributed by atoms with E-state index in [0.29, 0.717) is 18.6 Å². The number of rotatable bonds is 3. The van der Waals surface area contributed by atoms with Crippen LogP contribution in [0.2, 0.25) is 0 Å². The van der Waals surface area contributed by atoms with Crippen molar-refractivity contribution in [3.8, 4) is 0 Å². The number of hydrogen-bond acceptors (Lipinski definition) is 4. The summed E-state index contributed by atoms with van der Waals surface area (Å²) in [6, 6.07) is 7.94. The Morgan fingerprint density at radius 2 is 1.81 bits per heavy atom. The molecule has 1 unspecified atom stereocenters. The first-order valence-electron chi connectivity index (χ1n) is 10.1. The first-order chi connectivity index (χ1) is 13.0. The first-order valence-corrected chi connectivity index (χ1v) is 10.1. The van der Waals surface area contributed by atoms with E-state index < -0.39 is 6.10 Å². The molecule has 2 aliphatic carbocycles. The monoisotopic (exact) mass is 369 g/mol. The number of para-hydroxylation sites is 1. The zero-order valence-electron chi connectivity index (χ0n) is 16.0. The lowest BCUT2D eigenvalue weighted by Gasteiger charge is -2.37. The number of carbonyl (C=O) groups excluding carboxylic acids is 3. The Hall–Kier alpha value is -2.17. The summed E-state index contributed by atoms with van der Waals surface area (Å²) in [4.78, 5) is 39.6. The molecular formula is C22H27NO4. The highest BCUT2D eigenvalue weighted by Crippen LogP contribution is 2.40. The fraction of sp³-hybridized carbons (Fsp3) is 0.591. The molecule has 2 fully saturated rings. The average molecular weight is 369 g/mol. The van der Waals surface area contributed by atoms with E-state index in [0.717, 1.165) is 36.9 Å². The summed E-state index contributed by atoms with van der Waals surface area (Å²) in [5.74, 6) is -0.403. The molecule has 144 valence electrons. The SMILES string of the molecule is C[C@@H]1Cc2ccccc2N1C(=O)[C@@H](C)OC(=O)C1C[C@H]2CCC[C@@H](C1)C2=O. The second kappa shape index (κ2) is 7.10. The van der Waals surface area contributed by atoms with E-state index in [1.165, 1.54) is 0 Å². The number of esters is 1. The molecule has 0 radical (unpaired) electrons. The van der Waals surface area contributed by atoms with E-state index in [9.17, 15) is 14.4 Å². The van der Waals surface area contributed by atoms with Crippen molar-refractivity contribution in [1.82, 2.24) is 0 Å². The van der Waals surface area contributed by atoms with Crippen molar-refractivity contribution >= 4 is 23.3 Å². The van der Waals surface area contributed by atoms with Gasteiger partial charge >= 0.3 is 5.97 Å². The largest absolute Gasteiger partial charge is 0.452 e. The van der Waals surface area contributed by atoms with Crippen LogP contribution in [0.4, 0.5) is 5.69 Å². The van der Waals surface area contributed by atoms with E-state index in [1.54, 1.807) is 11.8 Å². The van der Waals surface area contributed by atoms with Crippen LogP contribution in [0.5, 0.6) is 0 Å². The Morgan fingerprint density at radius 1 is 1.15 bits per heavy atom. The van der Waals surface area contributed by atoms with E-state index in [-0.39, 0.29) is 35.7 Å². The quantitative estimate of drug-likeness (QED) is 0.767. The van der Waals surface area contributed by atoms with Gasteiger partial charge in [0.25, 0.3) is 5.91 Å². The first kappa shape index (κ1) is 18.2. The molecule has 0 aromatic heterocycles. The smallest absolute Gasteiger partial charge is 0.309 e. The molecule has 1 aromatic carbocycles. The van der Waals surface area contributed by atoms with Crippen LogP contribution in [0.3, 0.4) is 0 Å². The fourth-order valence-electron chi connectivity index (χ4n) is 5.09. The van der Waals surface area contributed by atoms with Crippen molar-refractivity contribution in [3.05, 3.63) is 29.8 Å². The van der Waals surface area contributed by atoms with Gasteiger partial charge in [-0.15, -0.1) is 0 Å². The third-order valence-electron chi connectivity index (χ3n) is 6.47. The molecule has 2 saturated carbocycles. The fourth-order valence-corrected chi connectivity index (χ4v) is 5.09. The van der Waals surface area contributed by atoms with E-state index in [2.05, 4.69) is 0 Å². The van der Waals surface area contributed by atoms with E-state index >= 15 is 0 Å². The van der Waals surface area contributed by atoms with Gasteiger partial charge in [0, 0.05) is 23.6 Å². The number of nitrogens with zero attached hydrogens (tertiary/aromatic N) is 1. The Bertz CT molecular complexity index is 757. The van der Waals surface area contributed by atoms with Crippen molar-refractivity contribution in [3.63, 3.8) is 0 Å². The number of Topliss-reactive ketones (excluding diaryl/α,β-unsaturated/α-hetero) is 1. The molecule has 5 atom stereocenters. The van der Waals surface area contributed by atoms with Crippen molar-refractivity contribution in [2.24, 2.45) is 17.8 Å². The number of fused-ring (bicyclic) bond motifs is 3. The van der Waals surface area contributed by atoms with E-state index in [1.807, 2.05) is 31.2 Å². The molecule has 1 aliphatic heterocycles. The van der Waals surface area contributed by atoms with Crippen LogP contribution in [0, 0.1) is 17.8 Å². The highest BCUT2D eigenvalue weighted by molar-refractivity contribution is 5.99. The molecule has 1 amide bonds. The van der Waals surface area contributed by atoms with E-state index in [4.69, 9.17) is 4.74 Å². The van der Waals surface area contributed by atoms with Crippen LogP contribution in [-0.2, 0) is 25.5 Å². The van der Waals surface area contributed by atoms with Gasteiger partial charge in [0.15, 0.2) is 6.10 Å². The van der Waals surface area contributed by atoms with Gasteiger partial charge in [0.1, 0.15) is 5.78 Å². The predicted octanol–water partition coefficient (Wildman–Crippen LogP) is 3.29. The molecule has 3 aliphatic rings. The number of carbonyl (C=O) groups is 3. The van der Waals surface area contributed by atoms with Crippen LogP contribution in [0.15, 0.2) is 24.3 Å². The third-order valence-corrected chi connectivity index (χ3v) is 6.47. The van der Waals surface area contributed by atoms with Crippen LogP contribution in [0.1, 0.15) is 51.5 Å². The zero-order chi connectivity index (χ0) is 19.1. The van der Waals surface area contributed by atoms with Gasteiger partial charge < -0.3 is 9.64 Å². The maximum absolute atomic E-state index is 13.0. The maximum atomic E-state index is 13.0. The topological polar surface area (TPSA) is 63.7 Å². The van der Waals surface area contributed by atoms with Crippen molar-refractivity contribution in [2.45, 2.75) is 64.5 Å². The summed E-state index contributed by atoms with van der Waals surface area (Å²) in [6.45, 7) is 3.67. The Kier molecular flexibility index (Phi) is 4.79. The number of anilines is 1. The molecule has 0 spiro atoms. The van der Waals surface area contributed by atoms with Crippen LogP contribution >= 0.6 is 0 Å². The van der Waals surface area contributed by atoms with Crippen molar-refractivity contribution in [2.75, 3.05) is 4.90 Å². The minimum absolute atomic E-state index is 0.00605. The molecule has 0 N–H and O–H groups in total. The van der Waals surface area contributed by atoms with Gasteiger partial charge in [0.2, 0.25) is 0 Å². The third kappa shape index (κ3) is 3.28. The second-order valence-corrected chi connectivity index (χ2v) is 8.36. The molecule has 5 nitrogen and oxygen atoms in total. The molecule has 1 aromatic rings. The van der Waals surface area contributed by atoms with Crippen LogP contribution in [0.25, 0.3) is 0 Å².